The van der Waals surface area contributed by atoms with Gasteiger partial charge in [0.15, 0.2) is 5.16 Å². The number of nitrogens with one attached hydrogen (secondary N) is 2. The number of carbonyl (C=O) groups excluding carboxylic acids is 1. The number of hydrazone groups is 1. The van der Waals surface area contributed by atoms with E-state index in [1.165, 1.54) is 11.8 Å². The standard InChI is InChI=1S/C17H16N4OS/c1-12(13-7-3-2-4-8-13)20-21-16(22)11-23-17-18-14-9-5-6-10-15(14)19-17/h2-10H,11H2,1H3,(H,18,19)(H,21,22). The van der Waals surface area contributed by atoms with E-state index in [2.05, 4.69) is 20.5 Å². The lowest BCUT2D eigenvalue weighted by molar-refractivity contribution is -0.118. The van der Waals surface area contributed by atoms with E-state index in [0.29, 0.717) is 0 Å². The largest absolute Gasteiger partial charge is 0.333 e. The van der Waals surface area contributed by atoms with E-state index in [9.17, 15) is 4.79 Å². The molecule has 0 spiro atoms. The summed E-state index contributed by atoms with van der Waals surface area (Å²) < 4.78 is 0. The molecular formula is C17H16N4OS. The van der Waals surface area contributed by atoms with E-state index < -0.39 is 0 Å². The average Bonchev–Trinajstić information content (AvgIpc) is 3.01. The molecule has 0 fully saturated rings. The highest BCUT2D eigenvalue weighted by Gasteiger charge is 2.06. The zero-order valence-electron chi connectivity index (χ0n) is 12.6. The number of fused-ring (bicyclic) bond motifs is 1. The van der Waals surface area contributed by atoms with Crippen molar-refractivity contribution in [3.63, 3.8) is 0 Å². The highest BCUT2D eigenvalue weighted by atomic mass is 32.2. The number of H-pyrrole nitrogens is 1. The van der Waals surface area contributed by atoms with Crippen LogP contribution in [0.25, 0.3) is 11.0 Å². The molecule has 23 heavy (non-hydrogen) atoms. The van der Waals surface area contributed by atoms with Crippen molar-refractivity contribution in [3.8, 4) is 0 Å². The van der Waals surface area contributed by atoms with E-state index in [0.717, 1.165) is 27.5 Å². The van der Waals surface area contributed by atoms with Crippen molar-refractivity contribution in [2.24, 2.45) is 5.10 Å². The van der Waals surface area contributed by atoms with Crippen molar-refractivity contribution in [2.45, 2.75) is 12.1 Å². The van der Waals surface area contributed by atoms with Gasteiger partial charge in [-0.05, 0) is 24.6 Å². The summed E-state index contributed by atoms with van der Waals surface area (Å²) in [4.78, 5) is 19.5. The van der Waals surface area contributed by atoms with Crippen molar-refractivity contribution in [1.82, 2.24) is 15.4 Å². The Kier molecular flexibility index (Phi) is 4.73. The van der Waals surface area contributed by atoms with Crippen LogP contribution in [0.5, 0.6) is 0 Å². The zero-order valence-corrected chi connectivity index (χ0v) is 13.4. The first-order valence-electron chi connectivity index (χ1n) is 7.18. The van der Waals surface area contributed by atoms with Crippen molar-refractivity contribution in [1.29, 1.82) is 0 Å². The predicted molar refractivity (Wildman–Crippen MR) is 93.6 cm³/mol. The third kappa shape index (κ3) is 3.98. The molecule has 0 saturated heterocycles. The molecule has 0 aliphatic rings. The number of hydrogen-bond acceptors (Lipinski definition) is 4. The van der Waals surface area contributed by atoms with Gasteiger partial charge in [0.2, 0.25) is 0 Å². The van der Waals surface area contributed by atoms with Gasteiger partial charge in [0.25, 0.3) is 5.91 Å². The second-order valence-corrected chi connectivity index (χ2v) is 5.91. The number of para-hydroxylation sites is 2. The second kappa shape index (κ2) is 7.11. The molecule has 116 valence electrons. The number of thioether (sulfide) groups is 1. The number of rotatable bonds is 5. The Morgan fingerprint density at radius 2 is 1.91 bits per heavy atom. The minimum atomic E-state index is -0.161. The molecule has 3 rings (SSSR count). The molecule has 0 radical (unpaired) electrons. The summed E-state index contributed by atoms with van der Waals surface area (Å²) in [7, 11) is 0. The van der Waals surface area contributed by atoms with Gasteiger partial charge in [-0.15, -0.1) is 0 Å². The lowest BCUT2D eigenvalue weighted by atomic mass is 10.1. The first-order valence-corrected chi connectivity index (χ1v) is 8.17. The predicted octanol–water partition coefficient (Wildman–Crippen LogP) is 3.20. The first kappa shape index (κ1) is 15.3. The maximum absolute atomic E-state index is 11.9. The Morgan fingerprint density at radius 1 is 1.17 bits per heavy atom. The monoisotopic (exact) mass is 324 g/mol. The first-order chi connectivity index (χ1) is 11.2. The Morgan fingerprint density at radius 3 is 2.70 bits per heavy atom. The van der Waals surface area contributed by atoms with Crippen molar-refractivity contribution < 1.29 is 4.79 Å². The normalized spacial score (nSPS) is 11.6. The van der Waals surface area contributed by atoms with Gasteiger partial charge in [0, 0.05) is 0 Å². The Bertz CT molecular complexity index is 809. The van der Waals surface area contributed by atoms with E-state index in [1.807, 2.05) is 61.5 Å². The third-order valence-corrected chi connectivity index (χ3v) is 4.12. The Labute approximate surface area is 138 Å². The number of nitrogens with zero attached hydrogens (tertiary/aromatic N) is 2. The fraction of sp³-hybridized carbons (Fsp3) is 0.118. The number of benzene rings is 2. The fourth-order valence-corrected chi connectivity index (χ4v) is 2.73. The van der Waals surface area contributed by atoms with E-state index in [-0.39, 0.29) is 11.7 Å². The van der Waals surface area contributed by atoms with Gasteiger partial charge in [0.05, 0.1) is 22.5 Å². The molecule has 6 heteroatoms. The summed E-state index contributed by atoms with van der Waals surface area (Å²) in [6.07, 6.45) is 0. The van der Waals surface area contributed by atoms with Crippen LogP contribution in [0.15, 0.2) is 64.9 Å². The van der Waals surface area contributed by atoms with Crippen molar-refractivity contribution in [3.05, 3.63) is 60.2 Å². The number of hydrogen-bond donors (Lipinski definition) is 2. The molecule has 0 saturated carbocycles. The molecule has 0 bridgehead atoms. The quantitative estimate of drug-likeness (QED) is 0.430. The van der Waals surface area contributed by atoms with E-state index in [1.54, 1.807) is 0 Å². The summed E-state index contributed by atoms with van der Waals surface area (Å²) in [6, 6.07) is 17.5. The highest BCUT2D eigenvalue weighted by Crippen LogP contribution is 2.18. The molecule has 3 aromatic rings. The van der Waals surface area contributed by atoms with Crippen LogP contribution in [-0.2, 0) is 4.79 Å². The van der Waals surface area contributed by atoms with Gasteiger partial charge >= 0.3 is 0 Å². The molecular weight excluding hydrogens is 308 g/mol. The lowest BCUT2D eigenvalue weighted by Crippen LogP contribution is -2.21. The SMILES string of the molecule is CC(=NNC(=O)CSc1nc2ccccc2[nH]1)c1ccccc1. The fourth-order valence-electron chi connectivity index (χ4n) is 2.05. The number of aromatic nitrogens is 2. The van der Waals surface area contributed by atoms with Gasteiger partial charge in [-0.2, -0.15) is 5.10 Å². The van der Waals surface area contributed by atoms with Gasteiger partial charge in [-0.3, -0.25) is 4.79 Å². The van der Waals surface area contributed by atoms with E-state index in [4.69, 9.17) is 0 Å². The highest BCUT2D eigenvalue weighted by molar-refractivity contribution is 7.99. The summed E-state index contributed by atoms with van der Waals surface area (Å²) in [5.41, 5.74) is 6.19. The minimum Gasteiger partial charge on any atom is -0.333 e. The average molecular weight is 324 g/mol. The van der Waals surface area contributed by atoms with Gasteiger partial charge in [0.1, 0.15) is 0 Å². The summed E-state index contributed by atoms with van der Waals surface area (Å²) >= 11 is 1.35. The molecule has 1 aromatic heterocycles. The van der Waals surface area contributed by atoms with Crippen LogP contribution in [-0.4, -0.2) is 27.3 Å². The van der Waals surface area contributed by atoms with Gasteiger partial charge in [-0.1, -0.05) is 54.2 Å². The molecule has 2 aromatic carbocycles. The number of carbonyl (C=O) groups is 1. The Balaban J connectivity index is 1.55. The minimum absolute atomic E-state index is 0.161. The van der Waals surface area contributed by atoms with Gasteiger partial charge in [-0.25, -0.2) is 10.4 Å². The molecule has 5 nitrogen and oxygen atoms in total. The van der Waals surface area contributed by atoms with Crippen molar-refractivity contribution >= 4 is 34.4 Å². The van der Waals surface area contributed by atoms with Crippen LogP contribution < -0.4 is 5.43 Å². The van der Waals surface area contributed by atoms with E-state index >= 15 is 0 Å². The van der Waals surface area contributed by atoms with Crippen LogP contribution >= 0.6 is 11.8 Å². The van der Waals surface area contributed by atoms with Crippen LogP contribution in [0.2, 0.25) is 0 Å². The second-order valence-electron chi connectivity index (χ2n) is 4.95. The maximum Gasteiger partial charge on any atom is 0.250 e. The van der Waals surface area contributed by atoms with Crippen molar-refractivity contribution in [2.75, 3.05) is 5.75 Å². The zero-order chi connectivity index (χ0) is 16.1. The molecule has 0 aliphatic heterocycles. The molecule has 0 atom stereocenters. The topological polar surface area (TPSA) is 70.1 Å². The van der Waals surface area contributed by atoms with Crippen LogP contribution in [0.1, 0.15) is 12.5 Å². The molecule has 1 amide bonds. The molecule has 2 N–H and O–H groups in total. The number of imidazole rings is 1. The van der Waals surface area contributed by atoms with Crippen LogP contribution in [0.4, 0.5) is 0 Å². The molecule has 0 aliphatic carbocycles. The summed E-state index contributed by atoms with van der Waals surface area (Å²) in [5, 5.41) is 4.85. The Hall–Kier alpha value is -2.60. The number of amides is 1. The smallest absolute Gasteiger partial charge is 0.250 e. The number of aromatic amines is 1. The molecule has 0 unspecified atom stereocenters. The van der Waals surface area contributed by atoms with Crippen LogP contribution in [0.3, 0.4) is 0 Å². The maximum atomic E-state index is 11.9. The van der Waals surface area contributed by atoms with Crippen LogP contribution in [0, 0.1) is 0 Å². The lowest BCUT2D eigenvalue weighted by Gasteiger charge is -2.02. The van der Waals surface area contributed by atoms with Gasteiger partial charge < -0.3 is 4.98 Å². The summed E-state index contributed by atoms with van der Waals surface area (Å²) in [5.74, 6) is 0.0940. The summed E-state index contributed by atoms with van der Waals surface area (Å²) in [6.45, 7) is 1.86. The molecule has 1 heterocycles. The third-order valence-electron chi connectivity index (χ3n) is 3.25.